The SMILES string of the molecule is COc1ccc(-c2ccc3cc(C4=C(O)CCC4=O)ccc3c2)cc1C1(C)CCCCC1. The van der Waals surface area contributed by atoms with E-state index in [9.17, 15) is 9.90 Å². The second-order valence-corrected chi connectivity index (χ2v) is 9.56. The van der Waals surface area contributed by atoms with Gasteiger partial charge < -0.3 is 9.84 Å². The molecular weight excluding hydrogens is 396 g/mol. The molecule has 3 aromatic rings. The zero-order valence-corrected chi connectivity index (χ0v) is 18.9. The number of hydrogen-bond donors (Lipinski definition) is 1. The molecule has 3 heteroatoms. The second kappa shape index (κ2) is 8.12. The molecule has 2 aliphatic rings. The van der Waals surface area contributed by atoms with Gasteiger partial charge in [-0.3, -0.25) is 4.79 Å². The third-order valence-electron chi connectivity index (χ3n) is 7.43. The number of aliphatic hydroxyl groups excluding tert-OH is 1. The molecule has 164 valence electrons. The van der Waals surface area contributed by atoms with Crippen molar-refractivity contribution in [2.45, 2.75) is 57.3 Å². The Morgan fingerprint density at radius 1 is 0.812 bits per heavy atom. The summed E-state index contributed by atoms with van der Waals surface area (Å²) in [7, 11) is 1.76. The van der Waals surface area contributed by atoms with Crippen LogP contribution in [0.3, 0.4) is 0 Å². The highest BCUT2D eigenvalue weighted by atomic mass is 16.5. The summed E-state index contributed by atoms with van der Waals surface area (Å²) in [6.07, 6.45) is 7.13. The number of carbonyl (C=O) groups excluding carboxylic acids is 1. The molecule has 0 amide bonds. The number of allylic oxidation sites excluding steroid dienone is 2. The molecule has 3 nitrogen and oxygen atoms in total. The van der Waals surface area contributed by atoms with Crippen LogP contribution in [0.5, 0.6) is 5.75 Å². The van der Waals surface area contributed by atoms with Crippen LogP contribution in [0.4, 0.5) is 0 Å². The number of ketones is 1. The molecule has 0 aromatic heterocycles. The first-order chi connectivity index (χ1) is 15.5. The third-order valence-corrected chi connectivity index (χ3v) is 7.43. The van der Waals surface area contributed by atoms with Crippen molar-refractivity contribution in [2.24, 2.45) is 0 Å². The predicted octanol–water partition coefficient (Wildman–Crippen LogP) is 7.37. The van der Waals surface area contributed by atoms with Crippen LogP contribution >= 0.6 is 0 Å². The Morgan fingerprint density at radius 3 is 2.09 bits per heavy atom. The number of fused-ring (bicyclic) bond motifs is 1. The lowest BCUT2D eigenvalue weighted by molar-refractivity contribution is -0.113. The van der Waals surface area contributed by atoms with Crippen LogP contribution in [0.2, 0.25) is 0 Å². The van der Waals surface area contributed by atoms with Gasteiger partial charge in [-0.15, -0.1) is 0 Å². The van der Waals surface area contributed by atoms with Gasteiger partial charge in [0.2, 0.25) is 0 Å². The van der Waals surface area contributed by atoms with E-state index in [1.54, 1.807) is 7.11 Å². The molecule has 1 N–H and O–H groups in total. The highest BCUT2D eigenvalue weighted by Gasteiger charge is 2.31. The third kappa shape index (κ3) is 3.60. The van der Waals surface area contributed by atoms with Gasteiger partial charge in [0.25, 0.3) is 0 Å². The summed E-state index contributed by atoms with van der Waals surface area (Å²) in [6.45, 7) is 2.38. The Hall–Kier alpha value is -3.07. The van der Waals surface area contributed by atoms with E-state index in [0.29, 0.717) is 18.4 Å². The van der Waals surface area contributed by atoms with Crippen molar-refractivity contribution < 1.29 is 14.6 Å². The van der Waals surface area contributed by atoms with Gasteiger partial charge in [-0.2, -0.15) is 0 Å². The van der Waals surface area contributed by atoms with Crippen molar-refractivity contribution in [2.75, 3.05) is 7.11 Å². The highest BCUT2D eigenvalue weighted by molar-refractivity contribution is 6.23. The monoisotopic (exact) mass is 426 g/mol. The first-order valence-electron chi connectivity index (χ1n) is 11.7. The molecule has 1 saturated carbocycles. The predicted molar refractivity (Wildman–Crippen MR) is 130 cm³/mol. The van der Waals surface area contributed by atoms with Gasteiger partial charge in [-0.25, -0.2) is 0 Å². The van der Waals surface area contributed by atoms with Crippen molar-refractivity contribution in [3.63, 3.8) is 0 Å². The van der Waals surface area contributed by atoms with Crippen LogP contribution in [0.25, 0.3) is 27.5 Å². The number of Topliss-reactive ketones (excluding diaryl/α,β-unsaturated/α-hetero) is 1. The van der Waals surface area contributed by atoms with Crippen molar-refractivity contribution in [1.82, 2.24) is 0 Å². The van der Waals surface area contributed by atoms with Crippen molar-refractivity contribution in [3.05, 3.63) is 71.5 Å². The fourth-order valence-corrected chi connectivity index (χ4v) is 5.51. The fourth-order valence-electron chi connectivity index (χ4n) is 5.51. The Kier molecular flexibility index (Phi) is 5.28. The molecular formula is C29H30O3. The smallest absolute Gasteiger partial charge is 0.167 e. The maximum atomic E-state index is 12.2. The number of methoxy groups -OCH3 is 1. The molecule has 1 fully saturated rings. The zero-order chi connectivity index (χ0) is 22.3. The van der Waals surface area contributed by atoms with Gasteiger partial charge in [0.15, 0.2) is 5.78 Å². The minimum absolute atomic E-state index is 0.0282. The summed E-state index contributed by atoms with van der Waals surface area (Å²) in [5.41, 5.74) is 5.14. The minimum Gasteiger partial charge on any atom is -0.512 e. The van der Waals surface area contributed by atoms with E-state index in [1.807, 2.05) is 18.2 Å². The number of carbonyl (C=O) groups is 1. The van der Waals surface area contributed by atoms with Gasteiger partial charge in [-0.05, 0) is 70.0 Å². The summed E-state index contributed by atoms with van der Waals surface area (Å²) >= 11 is 0. The maximum absolute atomic E-state index is 12.2. The van der Waals surface area contributed by atoms with Crippen LogP contribution in [0.1, 0.15) is 63.0 Å². The topological polar surface area (TPSA) is 46.5 Å². The molecule has 32 heavy (non-hydrogen) atoms. The first kappa shape index (κ1) is 20.8. The molecule has 2 aliphatic carbocycles. The van der Waals surface area contributed by atoms with E-state index in [1.165, 1.54) is 48.8 Å². The number of aliphatic hydroxyl groups is 1. The maximum Gasteiger partial charge on any atom is 0.167 e. The average Bonchev–Trinajstić information content (AvgIpc) is 3.16. The van der Waals surface area contributed by atoms with Gasteiger partial charge in [0.05, 0.1) is 12.7 Å². The standard InChI is InChI=1S/C29H30O3/c1-29(14-4-3-5-15-29)24-18-22(10-13-27(24)32-2)20-6-7-21-17-23(9-8-19(21)16-20)28-25(30)11-12-26(28)31/h6-10,13,16-18,30H,3-5,11-12,14-15H2,1-2H3. The fraction of sp³-hybridized carbons (Fsp3) is 0.345. The van der Waals surface area contributed by atoms with Gasteiger partial charge in [-0.1, -0.05) is 56.5 Å². The van der Waals surface area contributed by atoms with Crippen LogP contribution < -0.4 is 4.74 Å². The van der Waals surface area contributed by atoms with Gasteiger partial charge >= 0.3 is 0 Å². The van der Waals surface area contributed by atoms with Gasteiger partial charge in [0, 0.05) is 18.4 Å². The van der Waals surface area contributed by atoms with Crippen LogP contribution in [0.15, 0.2) is 60.4 Å². The quantitative estimate of drug-likeness (QED) is 0.474. The van der Waals surface area contributed by atoms with Crippen LogP contribution in [-0.4, -0.2) is 18.0 Å². The number of hydrogen-bond acceptors (Lipinski definition) is 3. The van der Waals surface area contributed by atoms with E-state index >= 15 is 0 Å². The summed E-state index contributed by atoms with van der Waals surface area (Å²) in [5.74, 6) is 1.23. The number of rotatable bonds is 4. The molecule has 0 radical (unpaired) electrons. The molecule has 0 atom stereocenters. The lowest BCUT2D eigenvalue weighted by Gasteiger charge is -2.35. The Balaban J connectivity index is 1.53. The second-order valence-electron chi connectivity index (χ2n) is 9.56. The molecule has 0 aliphatic heterocycles. The molecule has 0 heterocycles. The lowest BCUT2D eigenvalue weighted by Crippen LogP contribution is -2.25. The van der Waals surface area contributed by atoms with Crippen LogP contribution in [-0.2, 0) is 10.2 Å². The van der Waals surface area contributed by atoms with E-state index in [-0.39, 0.29) is 17.0 Å². The Bertz CT molecular complexity index is 1230. The minimum atomic E-state index is 0.0282. The largest absolute Gasteiger partial charge is 0.512 e. The van der Waals surface area contributed by atoms with E-state index in [4.69, 9.17) is 4.74 Å². The summed E-state index contributed by atoms with van der Waals surface area (Å²) in [6, 6.07) is 19.0. The normalized spacial score (nSPS) is 18.4. The van der Waals surface area contributed by atoms with E-state index in [0.717, 1.165) is 22.1 Å². The summed E-state index contributed by atoms with van der Waals surface area (Å²) in [4.78, 5) is 12.2. The first-order valence-corrected chi connectivity index (χ1v) is 11.7. The van der Waals surface area contributed by atoms with Crippen molar-refractivity contribution in [3.8, 4) is 16.9 Å². The van der Waals surface area contributed by atoms with Gasteiger partial charge in [0.1, 0.15) is 11.5 Å². The van der Waals surface area contributed by atoms with Crippen molar-refractivity contribution >= 4 is 22.1 Å². The zero-order valence-electron chi connectivity index (χ0n) is 18.9. The van der Waals surface area contributed by atoms with Crippen molar-refractivity contribution in [1.29, 1.82) is 0 Å². The number of benzene rings is 3. The molecule has 5 rings (SSSR count). The molecule has 3 aromatic carbocycles. The highest BCUT2D eigenvalue weighted by Crippen LogP contribution is 2.44. The molecule has 0 unspecified atom stereocenters. The lowest BCUT2D eigenvalue weighted by atomic mass is 9.70. The number of ether oxygens (including phenoxy) is 1. The van der Waals surface area contributed by atoms with Crippen LogP contribution in [0, 0.1) is 0 Å². The molecule has 0 bridgehead atoms. The molecule has 0 spiro atoms. The van der Waals surface area contributed by atoms with E-state index in [2.05, 4.69) is 43.3 Å². The summed E-state index contributed by atoms with van der Waals surface area (Å²) in [5, 5.41) is 12.3. The summed E-state index contributed by atoms with van der Waals surface area (Å²) < 4.78 is 5.75. The average molecular weight is 427 g/mol. The Morgan fingerprint density at radius 2 is 1.44 bits per heavy atom. The molecule has 0 saturated heterocycles. The van der Waals surface area contributed by atoms with E-state index < -0.39 is 0 Å². The Labute approximate surface area is 189 Å².